The first-order valence-corrected chi connectivity index (χ1v) is 10.4. The summed E-state index contributed by atoms with van der Waals surface area (Å²) in [5.74, 6) is 0.546. The molecule has 5 rings (SSSR count). The van der Waals surface area contributed by atoms with Gasteiger partial charge in [0, 0.05) is 30.2 Å². The summed E-state index contributed by atoms with van der Waals surface area (Å²) >= 11 is 1.45. The van der Waals surface area contributed by atoms with E-state index in [2.05, 4.69) is 15.0 Å². The maximum atomic E-state index is 13.6. The fraction of sp³-hybridized carbons (Fsp3) is 0.0870. The van der Waals surface area contributed by atoms with Gasteiger partial charge in [-0.05, 0) is 42.5 Å². The Labute approximate surface area is 182 Å². The lowest BCUT2D eigenvalue weighted by molar-refractivity contribution is 0.0985. The molecule has 31 heavy (non-hydrogen) atoms. The number of aromatic nitrogens is 4. The molecule has 0 N–H and O–H groups in total. The molecule has 8 heteroatoms. The Hall–Kier alpha value is -3.91. The number of thiazole rings is 1. The van der Waals surface area contributed by atoms with E-state index in [1.54, 1.807) is 48.8 Å². The van der Waals surface area contributed by atoms with E-state index in [4.69, 9.17) is 9.72 Å². The summed E-state index contributed by atoms with van der Waals surface area (Å²) in [4.78, 5) is 32.9. The first kappa shape index (κ1) is 19.1. The van der Waals surface area contributed by atoms with E-state index >= 15 is 0 Å². The summed E-state index contributed by atoms with van der Waals surface area (Å²) in [6, 6.07) is 16.7. The molecule has 0 radical (unpaired) electrons. The second-order valence-electron chi connectivity index (χ2n) is 6.80. The molecular weight excluding hydrogens is 410 g/mol. The van der Waals surface area contributed by atoms with Gasteiger partial charge in [0.2, 0.25) is 0 Å². The smallest absolute Gasteiger partial charge is 0.260 e. The van der Waals surface area contributed by atoms with Crippen LogP contribution in [0.3, 0.4) is 0 Å². The number of benzene rings is 2. The van der Waals surface area contributed by atoms with Gasteiger partial charge in [-0.3, -0.25) is 24.6 Å². The van der Waals surface area contributed by atoms with Gasteiger partial charge in [-0.1, -0.05) is 17.4 Å². The van der Waals surface area contributed by atoms with Crippen LogP contribution in [0, 0.1) is 0 Å². The maximum Gasteiger partial charge on any atom is 0.260 e. The maximum absolute atomic E-state index is 13.6. The van der Waals surface area contributed by atoms with Crippen molar-refractivity contribution in [2.75, 3.05) is 12.0 Å². The average molecular weight is 427 g/mol. The van der Waals surface area contributed by atoms with Crippen molar-refractivity contribution in [1.29, 1.82) is 0 Å². The largest absolute Gasteiger partial charge is 0.497 e. The SMILES string of the molecule is COc1ccc2sc(N(Cc3ccccn3)C(=O)c3ccc4nccnc4c3)nc2c1. The van der Waals surface area contributed by atoms with Crippen LogP contribution in [0.25, 0.3) is 21.3 Å². The Morgan fingerprint density at radius 1 is 0.935 bits per heavy atom. The molecule has 2 aromatic carbocycles. The minimum Gasteiger partial charge on any atom is -0.497 e. The molecule has 0 atom stereocenters. The van der Waals surface area contributed by atoms with Crippen LogP contribution in [-0.4, -0.2) is 33.0 Å². The van der Waals surface area contributed by atoms with Crippen molar-refractivity contribution in [3.63, 3.8) is 0 Å². The molecule has 152 valence electrons. The topological polar surface area (TPSA) is 81.1 Å². The molecule has 5 aromatic rings. The number of anilines is 1. The van der Waals surface area contributed by atoms with E-state index in [9.17, 15) is 4.79 Å². The van der Waals surface area contributed by atoms with Crippen molar-refractivity contribution in [2.24, 2.45) is 0 Å². The highest BCUT2D eigenvalue weighted by molar-refractivity contribution is 7.22. The number of hydrogen-bond donors (Lipinski definition) is 0. The Balaban J connectivity index is 1.58. The number of rotatable bonds is 5. The van der Waals surface area contributed by atoms with Gasteiger partial charge in [-0.15, -0.1) is 0 Å². The van der Waals surface area contributed by atoms with Gasteiger partial charge in [0.05, 0.1) is 40.6 Å². The number of nitrogens with zero attached hydrogens (tertiary/aromatic N) is 5. The van der Waals surface area contributed by atoms with E-state index in [-0.39, 0.29) is 5.91 Å². The Kier molecular flexibility index (Phi) is 4.97. The highest BCUT2D eigenvalue weighted by Gasteiger charge is 2.23. The van der Waals surface area contributed by atoms with Gasteiger partial charge >= 0.3 is 0 Å². The molecule has 0 fully saturated rings. The number of fused-ring (bicyclic) bond motifs is 2. The molecule has 0 spiro atoms. The van der Waals surface area contributed by atoms with Crippen LogP contribution in [0.4, 0.5) is 5.13 Å². The van der Waals surface area contributed by atoms with Crippen LogP contribution < -0.4 is 9.64 Å². The predicted octanol–water partition coefficient (Wildman–Crippen LogP) is 4.49. The minimum atomic E-state index is -0.177. The standard InChI is InChI=1S/C23H17N5O2S/c1-30-17-6-8-21-20(13-17)27-23(31-21)28(14-16-4-2-3-9-24-16)22(29)15-5-7-18-19(12-15)26-11-10-25-18/h2-13H,14H2,1H3. The van der Waals surface area contributed by atoms with Gasteiger partial charge < -0.3 is 4.74 Å². The van der Waals surface area contributed by atoms with Crippen LogP contribution in [0.1, 0.15) is 16.1 Å². The summed E-state index contributed by atoms with van der Waals surface area (Å²) in [6.07, 6.45) is 4.96. The zero-order valence-electron chi connectivity index (χ0n) is 16.6. The Morgan fingerprint density at radius 3 is 2.61 bits per heavy atom. The van der Waals surface area contributed by atoms with Crippen molar-refractivity contribution < 1.29 is 9.53 Å². The average Bonchev–Trinajstić information content (AvgIpc) is 3.25. The first-order valence-electron chi connectivity index (χ1n) is 9.58. The van der Waals surface area contributed by atoms with E-state index in [0.29, 0.717) is 22.8 Å². The molecule has 0 saturated heterocycles. The number of methoxy groups -OCH3 is 1. The van der Waals surface area contributed by atoms with Gasteiger partial charge in [0.15, 0.2) is 5.13 Å². The van der Waals surface area contributed by atoms with Gasteiger partial charge in [-0.25, -0.2) is 4.98 Å². The van der Waals surface area contributed by atoms with Crippen LogP contribution >= 0.6 is 11.3 Å². The summed E-state index contributed by atoms with van der Waals surface area (Å²) in [7, 11) is 1.62. The molecule has 1 amide bonds. The van der Waals surface area contributed by atoms with Gasteiger partial charge in [0.25, 0.3) is 5.91 Å². The highest BCUT2D eigenvalue weighted by Crippen LogP contribution is 2.32. The van der Waals surface area contributed by atoms with E-state index < -0.39 is 0 Å². The normalized spacial score (nSPS) is 11.0. The molecule has 3 aromatic heterocycles. The van der Waals surface area contributed by atoms with Crippen molar-refractivity contribution >= 4 is 43.6 Å². The van der Waals surface area contributed by atoms with E-state index in [1.165, 1.54) is 11.3 Å². The Morgan fingerprint density at radius 2 is 1.81 bits per heavy atom. The van der Waals surface area contributed by atoms with Gasteiger partial charge in [-0.2, -0.15) is 0 Å². The highest BCUT2D eigenvalue weighted by atomic mass is 32.1. The fourth-order valence-electron chi connectivity index (χ4n) is 3.27. The number of carbonyl (C=O) groups is 1. The lowest BCUT2D eigenvalue weighted by atomic mass is 10.1. The third-order valence-electron chi connectivity index (χ3n) is 4.82. The molecule has 0 aliphatic rings. The first-order chi connectivity index (χ1) is 15.2. The third-order valence-corrected chi connectivity index (χ3v) is 5.88. The van der Waals surface area contributed by atoms with E-state index in [1.807, 2.05) is 36.4 Å². The molecule has 0 unspecified atom stereocenters. The van der Waals surface area contributed by atoms with Crippen molar-refractivity contribution in [3.8, 4) is 5.75 Å². The van der Waals surface area contributed by atoms with Gasteiger partial charge in [0.1, 0.15) is 5.75 Å². The van der Waals surface area contributed by atoms with Crippen LogP contribution in [0.15, 0.2) is 73.2 Å². The molecule has 3 heterocycles. The second kappa shape index (κ2) is 8.08. The quantitative estimate of drug-likeness (QED) is 0.411. The zero-order chi connectivity index (χ0) is 21.2. The van der Waals surface area contributed by atoms with Crippen LogP contribution in [0.2, 0.25) is 0 Å². The summed E-state index contributed by atoms with van der Waals surface area (Å²) < 4.78 is 6.28. The van der Waals surface area contributed by atoms with Crippen LogP contribution in [0.5, 0.6) is 5.75 Å². The molecule has 7 nitrogen and oxygen atoms in total. The molecule has 0 saturated carbocycles. The summed E-state index contributed by atoms with van der Waals surface area (Å²) in [5, 5.41) is 0.596. The summed E-state index contributed by atoms with van der Waals surface area (Å²) in [5.41, 5.74) is 3.47. The molecule has 0 bridgehead atoms. The number of carbonyl (C=O) groups excluding carboxylic acids is 1. The second-order valence-corrected chi connectivity index (χ2v) is 7.81. The van der Waals surface area contributed by atoms with Crippen LogP contribution in [-0.2, 0) is 6.54 Å². The number of pyridine rings is 1. The third kappa shape index (κ3) is 3.80. The lowest BCUT2D eigenvalue weighted by Gasteiger charge is -2.19. The molecule has 0 aliphatic carbocycles. The number of amides is 1. The molecular formula is C23H17N5O2S. The fourth-order valence-corrected chi connectivity index (χ4v) is 4.21. The lowest BCUT2D eigenvalue weighted by Crippen LogP contribution is -2.30. The van der Waals surface area contributed by atoms with E-state index in [0.717, 1.165) is 27.2 Å². The minimum absolute atomic E-state index is 0.177. The van der Waals surface area contributed by atoms with Crippen molar-refractivity contribution in [3.05, 3.63) is 84.4 Å². The van der Waals surface area contributed by atoms with Crippen molar-refractivity contribution in [2.45, 2.75) is 6.54 Å². The Bertz CT molecular complexity index is 1390. The molecule has 0 aliphatic heterocycles. The predicted molar refractivity (Wildman–Crippen MR) is 120 cm³/mol. The van der Waals surface area contributed by atoms with Crippen molar-refractivity contribution in [1.82, 2.24) is 19.9 Å². The number of hydrogen-bond acceptors (Lipinski definition) is 7. The summed E-state index contributed by atoms with van der Waals surface area (Å²) in [6.45, 7) is 0.301. The number of ether oxygens (including phenoxy) is 1. The zero-order valence-corrected chi connectivity index (χ0v) is 17.4. The monoisotopic (exact) mass is 427 g/mol.